The lowest BCUT2D eigenvalue weighted by molar-refractivity contribution is 0.208. The smallest absolute Gasteiger partial charge is 0.321 e. The van der Waals surface area contributed by atoms with E-state index in [9.17, 15) is 4.79 Å². The summed E-state index contributed by atoms with van der Waals surface area (Å²) in [4.78, 5) is 20.8. The van der Waals surface area contributed by atoms with Crippen molar-refractivity contribution in [1.29, 1.82) is 0 Å². The zero-order valence-corrected chi connectivity index (χ0v) is 17.3. The average Bonchev–Trinajstić information content (AvgIpc) is 2.76. The Balaban J connectivity index is 1.30. The minimum absolute atomic E-state index is 0.117. The van der Waals surface area contributed by atoms with Crippen LogP contribution in [0, 0.1) is 6.92 Å². The first kappa shape index (κ1) is 19.9. The molecule has 1 aromatic carbocycles. The number of piperazine rings is 1. The SMILES string of the molecule is Cc1cccc(Nc2ccc(N3CCN(C(=O)Nc4ccc(Cl)cc4)CC3)nn2)n1. The summed E-state index contributed by atoms with van der Waals surface area (Å²) in [6.07, 6.45) is 0. The second kappa shape index (κ2) is 8.96. The number of carbonyl (C=O) groups excluding carboxylic acids is 1. The number of nitrogens with zero attached hydrogens (tertiary/aromatic N) is 5. The van der Waals surface area contributed by atoms with Crippen molar-refractivity contribution in [3.63, 3.8) is 0 Å². The van der Waals surface area contributed by atoms with Gasteiger partial charge >= 0.3 is 6.03 Å². The van der Waals surface area contributed by atoms with E-state index >= 15 is 0 Å². The monoisotopic (exact) mass is 423 g/mol. The van der Waals surface area contributed by atoms with Gasteiger partial charge in [0.05, 0.1) is 0 Å². The van der Waals surface area contributed by atoms with Crippen molar-refractivity contribution >= 4 is 40.8 Å². The zero-order valence-electron chi connectivity index (χ0n) is 16.5. The summed E-state index contributed by atoms with van der Waals surface area (Å²) in [5.41, 5.74) is 1.66. The topological polar surface area (TPSA) is 86.3 Å². The van der Waals surface area contributed by atoms with Crippen LogP contribution in [0.5, 0.6) is 0 Å². The standard InChI is InChI=1S/C21H22ClN7O/c1-15-3-2-4-18(23-15)25-19-9-10-20(27-26-19)28-11-13-29(14-12-28)21(30)24-17-7-5-16(22)6-8-17/h2-10H,11-14H2,1H3,(H,24,30)(H,23,25,26). The third kappa shape index (κ3) is 4.96. The fourth-order valence-electron chi connectivity index (χ4n) is 3.18. The van der Waals surface area contributed by atoms with Gasteiger partial charge in [-0.15, -0.1) is 10.2 Å². The number of aromatic nitrogens is 3. The summed E-state index contributed by atoms with van der Waals surface area (Å²) < 4.78 is 0. The third-order valence-corrected chi connectivity index (χ3v) is 5.03. The van der Waals surface area contributed by atoms with Gasteiger partial charge < -0.3 is 20.4 Å². The number of halogens is 1. The Morgan fingerprint density at radius 3 is 2.37 bits per heavy atom. The summed E-state index contributed by atoms with van der Waals surface area (Å²) in [5, 5.41) is 15.3. The van der Waals surface area contributed by atoms with Gasteiger partial charge in [-0.25, -0.2) is 9.78 Å². The number of hydrogen-bond acceptors (Lipinski definition) is 6. The van der Waals surface area contributed by atoms with Crippen LogP contribution in [0.3, 0.4) is 0 Å². The number of aryl methyl sites for hydroxylation is 1. The third-order valence-electron chi connectivity index (χ3n) is 4.78. The Labute approximate surface area is 179 Å². The molecule has 2 aromatic heterocycles. The summed E-state index contributed by atoms with van der Waals surface area (Å²) >= 11 is 5.88. The Morgan fingerprint density at radius 1 is 0.933 bits per heavy atom. The minimum atomic E-state index is -0.117. The largest absolute Gasteiger partial charge is 0.352 e. The van der Waals surface area contributed by atoms with Gasteiger partial charge in [-0.2, -0.15) is 0 Å². The minimum Gasteiger partial charge on any atom is -0.352 e. The number of hydrogen-bond donors (Lipinski definition) is 2. The maximum absolute atomic E-state index is 12.5. The predicted molar refractivity (Wildman–Crippen MR) is 119 cm³/mol. The van der Waals surface area contributed by atoms with Gasteiger partial charge in [0.25, 0.3) is 0 Å². The summed E-state index contributed by atoms with van der Waals surface area (Å²) in [6.45, 7) is 4.53. The van der Waals surface area contributed by atoms with E-state index in [2.05, 4.69) is 30.7 Å². The molecule has 4 rings (SSSR count). The molecule has 0 bridgehead atoms. The van der Waals surface area contributed by atoms with Gasteiger partial charge in [-0.1, -0.05) is 17.7 Å². The Bertz CT molecular complexity index is 1000. The summed E-state index contributed by atoms with van der Waals surface area (Å²) in [5.74, 6) is 2.16. The number of benzene rings is 1. The van der Waals surface area contributed by atoms with E-state index in [1.807, 2.05) is 37.3 Å². The number of pyridine rings is 1. The Hall–Kier alpha value is -3.39. The van der Waals surface area contributed by atoms with Gasteiger partial charge in [0.1, 0.15) is 5.82 Å². The second-order valence-electron chi connectivity index (χ2n) is 6.98. The molecule has 0 spiro atoms. The summed E-state index contributed by atoms with van der Waals surface area (Å²) in [6, 6.07) is 16.5. The molecule has 0 atom stereocenters. The normalized spacial score (nSPS) is 13.8. The number of rotatable bonds is 4. The molecule has 154 valence electrons. The quantitative estimate of drug-likeness (QED) is 0.661. The Kier molecular flexibility index (Phi) is 5.94. The van der Waals surface area contributed by atoms with Crippen LogP contribution in [0.25, 0.3) is 0 Å². The molecule has 9 heteroatoms. The van der Waals surface area contributed by atoms with Gasteiger partial charge in [-0.3, -0.25) is 0 Å². The van der Waals surface area contributed by atoms with E-state index in [1.165, 1.54) is 0 Å². The molecule has 3 aromatic rings. The lowest BCUT2D eigenvalue weighted by atomic mass is 10.3. The van der Waals surface area contributed by atoms with Crippen molar-refractivity contribution < 1.29 is 4.79 Å². The average molecular weight is 424 g/mol. The lowest BCUT2D eigenvalue weighted by Gasteiger charge is -2.35. The van der Waals surface area contributed by atoms with Crippen LogP contribution < -0.4 is 15.5 Å². The molecule has 1 saturated heterocycles. The van der Waals surface area contributed by atoms with Crippen LogP contribution in [-0.2, 0) is 0 Å². The van der Waals surface area contributed by atoms with E-state index < -0.39 is 0 Å². The van der Waals surface area contributed by atoms with Crippen LogP contribution in [0.4, 0.5) is 27.9 Å². The number of carbonyl (C=O) groups is 1. The van der Waals surface area contributed by atoms with E-state index in [-0.39, 0.29) is 6.03 Å². The van der Waals surface area contributed by atoms with Gasteiger partial charge in [0, 0.05) is 42.6 Å². The molecule has 0 radical (unpaired) electrons. The molecule has 30 heavy (non-hydrogen) atoms. The maximum atomic E-state index is 12.5. The van der Waals surface area contributed by atoms with Gasteiger partial charge in [-0.05, 0) is 55.5 Å². The molecule has 1 aliphatic rings. The first-order valence-corrected chi connectivity index (χ1v) is 10.1. The van der Waals surface area contributed by atoms with Crippen LogP contribution >= 0.6 is 11.6 Å². The fourth-order valence-corrected chi connectivity index (χ4v) is 3.30. The van der Waals surface area contributed by atoms with Crippen molar-refractivity contribution in [1.82, 2.24) is 20.1 Å². The number of anilines is 4. The number of amides is 2. The van der Waals surface area contributed by atoms with Crippen LogP contribution in [0.2, 0.25) is 5.02 Å². The predicted octanol–water partition coefficient (Wildman–Crippen LogP) is 3.93. The highest BCUT2D eigenvalue weighted by Crippen LogP contribution is 2.18. The van der Waals surface area contributed by atoms with Crippen molar-refractivity contribution in [2.45, 2.75) is 6.92 Å². The fraction of sp³-hybridized carbons (Fsp3) is 0.238. The van der Waals surface area contributed by atoms with Crippen molar-refractivity contribution in [2.24, 2.45) is 0 Å². The Morgan fingerprint density at radius 2 is 1.70 bits per heavy atom. The summed E-state index contributed by atoms with van der Waals surface area (Å²) in [7, 11) is 0. The molecule has 1 aliphatic heterocycles. The lowest BCUT2D eigenvalue weighted by Crippen LogP contribution is -2.50. The molecule has 0 unspecified atom stereocenters. The first-order valence-electron chi connectivity index (χ1n) is 9.68. The molecule has 2 amide bonds. The molecule has 0 saturated carbocycles. The highest BCUT2D eigenvalue weighted by molar-refractivity contribution is 6.30. The van der Waals surface area contributed by atoms with Crippen LogP contribution in [0.15, 0.2) is 54.6 Å². The molecule has 3 heterocycles. The molecule has 1 fully saturated rings. The van der Waals surface area contributed by atoms with E-state index in [0.29, 0.717) is 37.0 Å². The molecular weight excluding hydrogens is 402 g/mol. The van der Waals surface area contributed by atoms with Crippen molar-refractivity contribution in [2.75, 3.05) is 41.7 Å². The van der Waals surface area contributed by atoms with E-state index in [4.69, 9.17) is 11.6 Å². The molecule has 8 nitrogen and oxygen atoms in total. The van der Waals surface area contributed by atoms with Crippen molar-refractivity contribution in [3.8, 4) is 0 Å². The van der Waals surface area contributed by atoms with Crippen molar-refractivity contribution in [3.05, 3.63) is 65.3 Å². The van der Waals surface area contributed by atoms with Gasteiger partial charge in [0.2, 0.25) is 0 Å². The highest BCUT2D eigenvalue weighted by atomic mass is 35.5. The molecule has 2 N–H and O–H groups in total. The second-order valence-corrected chi connectivity index (χ2v) is 7.41. The molecule has 0 aliphatic carbocycles. The number of urea groups is 1. The van der Waals surface area contributed by atoms with Crippen LogP contribution in [-0.4, -0.2) is 52.3 Å². The molecular formula is C21H22ClN7O. The number of nitrogens with one attached hydrogen (secondary N) is 2. The van der Waals surface area contributed by atoms with E-state index in [0.717, 1.165) is 23.0 Å². The zero-order chi connectivity index (χ0) is 20.9. The van der Waals surface area contributed by atoms with E-state index in [1.54, 1.807) is 29.2 Å². The van der Waals surface area contributed by atoms with Gasteiger partial charge in [0.15, 0.2) is 11.6 Å². The van der Waals surface area contributed by atoms with Crippen LogP contribution in [0.1, 0.15) is 5.69 Å². The maximum Gasteiger partial charge on any atom is 0.321 e. The first-order chi connectivity index (χ1) is 14.6. The highest BCUT2D eigenvalue weighted by Gasteiger charge is 2.22.